The van der Waals surface area contributed by atoms with Crippen LogP contribution in [0.15, 0.2) is 24.3 Å². The van der Waals surface area contributed by atoms with Gasteiger partial charge in [0, 0.05) is 19.6 Å². The van der Waals surface area contributed by atoms with E-state index in [1.54, 1.807) is 0 Å². The van der Waals surface area contributed by atoms with Crippen LogP contribution in [-0.2, 0) is 6.54 Å². The lowest BCUT2D eigenvalue weighted by atomic mass is 10.1. The molecule has 0 unspecified atom stereocenters. The summed E-state index contributed by atoms with van der Waals surface area (Å²) in [5.74, 6) is 0. The van der Waals surface area contributed by atoms with Gasteiger partial charge in [-0.05, 0) is 44.8 Å². The van der Waals surface area contributed by atoms with Crippen molar-refractivity contribution in [3.05, 3.63) is 35.4 Å². The molecule has 17 heavy (non-hydrogen) atoms. The maximum Gasteiger partial charge on any atom is 0.0231 e. The average Bonchev–Trinajstić information content (AvgIpc) is 2.97. The van der Waals surface area contributed by atoms with E-state index < -0.39 is 0 Å². The van der Waals surface area contributed by atoms with Crippen molar-refractivity contribution in [3.63, 3.8) is 0 Å². The molecule has 1 fully saturated rings. The average molecular weight is 232 g/mol. The van der Waals surface area contributed by atoms with Crippen LogP contribution in [0.5, 0.6) is 0 Å². The minimum Gasteiger partial charge on any atom is -0.319 e. The van der Waals surface area contributed by atoms with E-state index in [0.717, 1.165) is 13.1 Å². The Labute approximate surface area is 105 Å². The predicted molar refractivity (Wildman–Crippen MR) is 73.1 cm³/mol. The fourth-order valence-corrected chi connectivity index (χ4v) is 2.69. The molecule has 0 bridgehead atoms. The first-order chi connectivity index (χ1) is 8.13. The van der Waals surface area contributed by atoms with E-state index in [1.165, 1.54) is 30.5 Å². The number of rotatable bonds is 6. The fraction of sp³-hybridized carbons (Fsp3) is 0.600. The van der Waals surface area contributed by atoms with Crippen LogP contribution in [0.1, 0.15) is 24.0 Å². The Morgan fingerprint density at radius 1 is 1.35 bits per heavy atom. The third-order valence-electron chi connectivity index (χ3n) is 3.65. The predicted octanol–water partition coefficient (Wildman–Crippen LogP) is 2.43. The molecular formula is C15H24N2. The van der Waals surface area contributed by atoms with Crippen LogP contribution >= 0.6 is 0 Å². The first kappa shape index (κ1) is 12.6. The van der Waals surface area contributed by atoms with Crippen molar-refractivity contribution in [1.82, 2.24) is 10.2 Å². The highest BCUT2D eigenvalue weighted by Crippen LogP contribution is 2.45. The standard InChI is InChI=1S/C15H24N2/c1-13-5-4-6-14(9-13)10-17(3)12-15(7-8-15)11-16-2/h4-6,9,16H,7-8,10-12H2,1-3H3. The van der Waals surface area contributed by atoms with Crippen LogP contribution in [0.3, 0.4) is 0 Å². The molecule has 0 aromatic heterocycles. The minimum atomic E-state index is 0.563. The quantitative estimate of drug-likeness (QED) is 0.810. The molecule has 2 heteroatoms. The van der Waals surface area contributed by atoms with E-state index in [-0.39, 0.29) is 0 Å². The molecule has 0 amide bonds. The summed E-state index contributed by atoms with van der Waals surface area (Å²) in [6.45, 7) is 5.59. The highest BCUT2D eigenvalue weighted by atomic mass is 15.1. The number of benzene rings is 1. The lowest BCUT2D eigenvalue weighted by Crippen LogP contribution is -2.32. The maximum atomic E-state index is 3.32. The van der Waals surface area contributed by atoms with Crippen LogP contribution < -0.4 is 5.32 Å². The largest absolute Gasteiger partial charge is 0.319 e. The van der Waals surface area contributed by atoms with Gasteiger partial charge >= 0.3 is 0 Å². The molecule has 2 nitrogen and oxygen atoms in total. The van der Waals surface area contributed by atoms with Gasteiger partial charge in [0.25, 0.3) is 0 Å². The van der Waals surface area contributed by atoms with E-state index in [0.29, 0.717) is 5.41 Å². The first-order valence-corrected chi connectivity index (χ1v) is 6.52. The van der Waals surface area contributed by atoms with Crippen LogP contribution in [0, 0.1) is 12.3 Å². The Bertz CT molecular complexity index is 369. The summed E-state index contributed by atoms with van der Waals surface area (Å²) in [6.07, 6.45) is 2.76. The Kier molecular flexibility index (Phi) is 3.85. The number of nitrogens with zero attached hydrogens (tertiary/aromatic N) is 1. The lowest BCUT2D eigenvalue weighted by Gasteiger charge is -2.23. The highest BCUT2D eigenvalue weighted by molar-refractivity contribution is 5.22. The van der Waals surface area contributed by atoms with Gasteiger partial charge in [-0.1, -0.05) is 29.8 Å². The molecular weight excluding hydrogens is 208 g/mol. The minimum absolute atomic E-state index is 0.563. The van der Waals surface area contributed by atoms with Crippen molar-refractivity contribution >= 4 is 0 Å². The van der Waals surface area contributed by atoms with Gasteiger partial charge in [0.05, 0.1) is 0 Å². The molecule has 1 N–H and O–H groups in total. The van der Waals surface area contributed by atoms with E-state index in [9.17, 15) is 0 Å². The third-order valence-corrected chi connectivity index (χ3v) is 3.65. The second-order valence-electron chi connectivity index (χ2n) is 5.69. The smallest absolute Gasteiger partial charge is 0.0231 e. The summed E-state index contributed by atoms with van der Waals surface area (Å²) < 4.78 is 0. The zero-order chi connectivity index (χ0) is 12.3. The molecule has 0 aliphatic heterocycles. The summed E-state index contributed by atoms with van der Waals surface area (Å²) >= 11 is 0. The molecule has 0 atom stereocenters. The molecule has 1 aromatic rings. The van der Waals surface area contributed by atoms with Gasteiger partial charge in [0.15, 0.2) is 0 Å². The zero-order valence-corrected chi connectivity index (χ0v) is 11.3. The molecule has 1 aliphatic carbocycles. The van der Waals surface area contributed by atoms with Crippen molar-refractivity contribution in [3.8, 4) is 0 Å². The van der Waals surface area contributed by atoms with Crippen LogP contribution in [0.2, 0.25) is 0 Å². The van der Waals surface area contributed by atoms with Crippen LogP contribution in [0.25, 0.3) is 0 Å². The Balaban J connectivity index is 1.87. The van der Waals surface area contributed by atoms with Crippen LogP contribution in [0.4, 0.5) is 0 Å². The van der Waals surface area contributed by atoms with Gasteiger partial charge in [-0.3, -0.25) is 0 Å². The van der Waals surface area contributed by atoms with Gasteiger partial charge in [0.2, 0.25) is 0 Å². The first-order valence-electron chi connectivity index (χ1n) is 6.52. The molecule has 2 rings (SSSR count). The van der Waals surface area contributed by atoms with Crippen molar-refractivity contribution in [1.29, 1.82) is 0 Å². The normalized spacial score (nSPS) is 17.4. The van der Waals surface area contributed by atoms with Gasteiger partial charge in [-0.15, -0.1) is 0 Å². The summed E-state index contributed by atoms with van der Waals surface area (Å²) in [5, 5.41) is 3.32. The SMILES string of the molecule is CNCC1(CN(C)Cc2cccc(C)c2)CC1. The Morgan fingerprint density at radius 3 is 2.71 bits per heavy atom. The number of nitrogens with one attached hydrogen (secondary N) is 1. The van der Waals surface area contributed by atoms with Gasteiger partial charge in [0.1, 0.15) is 0 Å². The maximum absolute atomic E-state index is 3.32. The van der Waals surface area contributed by atoms with Gasteiger partial charge in [-0.2, -0.15) is 0 Å². The molecule has 0 spiro atoms. The van der Waals surface area contributed by atoms with Crippen LogP contribution in [-0.4, -0.2) is 32.1 Å². The van der Waals surface area contributed by atoms with Crippen molar-refractivity contribution in [2.24, 2.45) is 5.41 Å². The fourth-order valence-electron chi connectivity index (χ4n) is 2.69. The molecule has 0 heterocycles. The number of hydrogen-bond acceptors (Lipinski definition) is 2. The van der Waals surface area contributed by atoms with Crippen molar-refractivity contribution < 1.29 is 0 Å². The topological polar surface area (TPSA) is 15.3 Å². The number of hydrogen-bond donors (Lipinski definition) is 1. The van der Waals surface area contributed by atoms with Gasteiger partial charge < -0.3 is 10.2 Å². The molecule has 94 valence electrons. The third kappa shape index (κ3) is 3.55. The van der Waals surface area contributed by atoms with E-state index >= 15 is 0 Å². The molecule has 0 saturated heterocycles. The Morgan fingerprint density at radius 2 is 2.12 bits per heavy atom. The van der Waals surface area contributed by atoms with E-state index in [2.05, 4.69) is 55.5 Å². The molecule has 1 aromatic carbocycles. The summed E-state index contributed by atoms with van der Waals surface area (Å²) in [7, 11) is 4.29. The van der Waals surface area contributed by atoms with E-state index in [1.807, 2.05) is 0 Å². The molecule has 0 radical (unpaired) electrons. The van der Waals surface area contributed by atoms with Gasteiger partial charge in [-0.25, -0.2) is 0 Å². The number of aryl methyl sites for hydroxylation is 1. The van der Waals surface area contributed by atoms with Crippen molar-refractivity contribution in [2.75, 3.05) is 27.2 Å². The second-order valence-corrected chi connectivity index (χ2v) is 5.69. The molecule has 1 saturated carbocycles. The summed E-state index contributed by atoms with van der Waals surface area (Å²) in [5.41, 5.74) is 3.34. The zero-order valence-electron chi connectivity index (χ0n) is 11.3. The van der Waals surface area contributed by atoms with Crippen molar-refractivity contribution in [2.45, 2.75) is 26.3 Å². The second kappa shape index (κ2) is 5.19. The lowest BCUT2D eigenvalue weighted by molar-refractivity contribution is 0.252. The summed E-state index contributed by atoms with van der Waals surface area (Å²) in [4.78, 5) is 2.46. The summed E-state index contributed by atoms with van der Waals surface area (Å²) in [6, 6.07) is 8.82. The molecule has 1 aliphatic rings. The Hall–Kier alpha value is -0.860. The monoisotopic (exact) mass is 232 g/mol. The van der Waals surface area contributed by atoms with E-state index in [4.69, 9.17) is 0 Å². The highest BCUT2D eigenvalue weighted by Gasteiger charge is 2.42.